The second kappa shape index (κ2) is 8.82. The lowest BCUT2D eigenvalue weighted by Crippen LogP contribution is -2.26. The van der Waals surface area contributed by atoms with E-state index < -0.39 is 0 Å². The average molecular weight is 365 g/mol. The topological polar surface area (TPSA) is 49.0 Å². The highest BCUT2D eigenvalue weighted by atomic mass is 16.5. The number of hydrogen-bond donors (Lipinski definition) is 0. The third-order valence-corrected chi connectivity index (χ3v) is 4.56. The molecule has 0 amide bonds. The van der Waals surface area contributed by atoms with Crippen LogP contribution < -0.4 is 5.69 Å². The standard InChI is InChI=1S/C22H27N3O2/c1-4-14-24-21(18(3)27-16-20-8-6-5-7-9-20)23-25(22(24)26)15-19-12-10-17(2)11-13-19/h5-13,18H,4,14-16H2,1-3H3/t18-/m0/s1. The predicted octanol–water partition coefficient (Wildman–Crippen LogP) is 4.09. The number of ether oxygens (including phenoxy) is 1. The molecule has 5 nitrogen and oxygen atoms in total. The van der Waals surface area contributed by atoms with Crippen LogP contribution in [-0.4, -0.2) is 14.3 Å². The fourth-order valence-corrected chi connectivity index (χ4v) is 3.03. The number of rotatable bonds is 8. The lowest BCUT2D eigenvalue weighted by molar-refractivity contribution is 0.0437. The maximum atomic E-state index is 12.8. The number of aromatic nitrogens is 3. The van der Waals surface area contributed by atoms with E-state index >= 15 is 0 Å². The van der Waals surface area contributed by atoms with Gasteiger partial charge in [0.2, 0.25) is 0 Å². The molecule has 0 saturated carbocycles. The monoisotopic (exact) mass is 365 g/mol. The van der Waals surface area contributed by atoms with Crippen LogP contribution in [0.2, 0.25) is 0 Å². The normalized spacial score (nSPS) is 12.3. The molecule has 0 N–H and O–H groups in total. The summed E-state index contributed by atoms with van der Waals surface area (Å²) >= 11 is 0. The van der Waals surface area contributed by atoms with Gasteiger partial charge in [-0.25, -0.2) is 9.48 Å². The Bertz CT molecular complexity index is 911. The van der Waals surface area contributed by atoms with Crippen molar-refractivity contribution in [1.82, 2.24) is 14.3 Å². The van der Waals surface area contributed by atoms with Crippen molar-refractivity contribution >= 4 is 0 Å². The van der Waals surface area contributed by atoms with Crippen molar-refractivity contribution in [3.8, 4) is 0 Å². The highest BCUT2D eigenvalue weighted by Crippen LogP contribution is 2.16. The van der Waals surface area contributed by atoms with Gasteiger partial charge in [0, 0.05) is 6.54 Å². The second-order valence-corrected chi connectivity index (χ2v) is 6.87. The lowest BCUT2D eigenvalue weighted by atomic mass is 10.1. The number of hydrogen-bond acceptors (Lipinski definition) is 3. The van der Waals surface area contributed by atoms with Gasteiger partial charge >= 0.3 is 5.69 Å². The van der Waals surface area contributed by atoms with Crippen LogP contribution in [0.25, 0.3) is 0 Å². The minimum absolute atomic E-state index is 0.0809. The maximum Gasteiger partial charge on any atom is 0.346 e. The van der Waals surface area contributed by atoms with Crippen LogP contribution in [0.15, 0.2) is 59.4 Å². The molecule has 0 bridgehead atoms. The van der Waals surface area contributed by atoms with Crippen molar-refractivity contribution in [3.63, 3.8) is 0 Å². The van der Waals surface area contributed by atoms with E-state index in [0.717, 1.165) is 17.5 Å². The maximum absolute atomic E-state index is 12.8. The molecule has 1 heterocycles. The van der Waals surface area contributed by atoms with Crippen LogP contribution in [0.5, 0.6) is 0 Å². The van der Waals surface area contributed by atoms with Gasteiger partial charge in [-0.15, -0.1) is 0 Å². The zero-order chi connectivity index (χ0) is 19.2. The highest BCUT2D eigenvalue weighted by molar-refractivity contribution is 5.21. The van der Waals surface area contributed by atoms with Gasteiger partial charge in [-0.05, 0) is 31.4 Å². The summed E-state index contributed by atoms with van der Waals surface area (Å²) in [6.07, 6.45) is 0.609. The molecule has 3 aromatic rings. The van der Waals surface area contributed by atoms with E-state index in [2.05, 4.69) is 31.1 Å². The van der Waals surface area contributed by atoms with Crippen LogP contribution in [0.3, 0.4) is 0 Å². The van der Waals surface area contributed by atoms with E-state index in [0.29, 0.717) is 25.5 Å². The first-order valence-electron chi connectivity index (χ1n) is 9.47. The minimum Gasteiger partial charge on any atom is -0.366 e. The smallest absolute Gasteiger partial charge is 0.346 e. The summed E-state index contributed by atoms with van der Waals surface area (Å²) in [4.78, 5) is 12.8. The van der Waals surface area contributed by atoms with Gasteiger partial charge in [-0.1, -0.05) is 67.1 Å². The lowest BCUT2D eigenvalue weighted by Gasteiger charge is -2.13. The Kier molecular flexibility index (Phi) is 6.24. The first kappa shape index (κ1) is 19.1. The van der Waals surface area contributed by atoms with Gasteiger partial charge in [0.1, 0.15) is 6.10 Å². The van der Waals surface area contributed by atoms with E-state index in [1.807, 2.05) is 49.4 Å². The zero-order valence-electron chi connectivity index (χ0n) is 16.3. The van der Waals surface area contributed by atoms with Gasteiger partial charge in [0.05, 0.1) is 13.2 Å². The van der Waals surface area contributed by atoms with Crippen LogP contribution in [0.4, 0.5) is 0 Å². The molecule has 27 heavy (non-hydrogen) atoms. The average Bonchev–Trinajstić information content (AvgIpc) is 2.99. The summed E-state index contributed by atoms with van der Waals surface area (Å²) in [5.41, 5.74) is 3.29. The summed E-state index contributed by atoms with van der Waals surface area (Å²) in [6.45, 7) is 7.66. The quantitative estimate of drug-likeness (QED) is 0.604. The Labute approximate surface area is 160 Å². The van der Waals surface area contributed by atoms with Crippen molar-refractivity contribution in [2.45, 2.75) is 53.0 Å². The van der Waals surface area contributed by atoms with Crippen molar-refractivity contribution in [3.05, 3.63) is 87.6 Å². The van der Waals surface area contributed by atoms with Crippen LogP contribution >= 0.6 is 0 Å². The first-order chi connectivity index (χ1) is 13.1. The minimum atomic E-state index is -0.260. The van der Waals surface area contributed by atoms with Gasteiger partial charge in [-0.3, -0.25) is 4.57 Å². The molecule has 3 rings (SSSR count). The van der Waals surface area contributed by atoms with Crippen molar-refractivity contribution in [1.29, 1.82) is 0 Å². The molecule has 2 aromatic carbocycles. The third-order valence-electron chi connectivity index (χ3n) is 4.56. The number of nitrogens with zero attached hydrogens (tertiary/aromatic N) is 3. The SMILES string of the molecule is CCCn1c([C@H](C)OCc2ccccc2)nn(Cc2ccc(C)cc2)c1=O. The highest BCUT2D eigenvalue weighted by Gasteiger charge is 2.19. The molecule has 0 saturated heterocycles. The molecular weight excluding hydrogens is 338 g/mol. The molecule has 5 heteroatoms. The summed E-state index contributed by atoms with van der Waals surface area (Å²) in [5.74, 6) is 0.685. The molecule has 0 aliphatic heterocycles. The zero-order valence-corrected chi connectivity index (χ0v) is 16.3. The van der Waals surface area contributed by atoms with E-state index in [1.165, 1.54) is 10.2 Å². The molecule has 0 unspecified atom stereocenters. The summed E-state index contributed by atoms with van der Waals surface area (Å²) < 4.78 is 9.28. The molecule has 0 radical (unpaired) electrons. The Morgan fingerprint density at radius 1 is 1.04 bits per heavy atom. The molecule has 0 spiro atoms. The van der Waals surface area contributed by atoms with Crippen molar-refractivity contribution < 1.29 is 4.74 Å². The molecular formula is C22H27N3O2. The molecule has 0 aliphatic rings. The van der Waals surface area contributed by atoms with Gasteiger partial charge < -0.3 is 4.74 Å². The molecule has 1 atom stereocenters. The summed E-state index contributed by atoms with van der Waals surface area (Å²) in [6, 6.07) is 18.2. The Hall–Kier alpha value is -2.66. The molecule has 0 aliphatic carbocycles. The number of benzene rings is 2. The fraction of sp³-hybridized carbons (Fsp3) is 0.364. The van der Waals surface area contributed by atoms with Gasteiger partial charge in [-0.2, -0.15) is 5.10 Å². The second-order valence-electron chi connectivity index (χ2n) is 6.87. The third kappa shape index (κ3) is 4.74. The summed E-state index contributed by atoms with van der Waals surface area (Å²) in [7, 11) is 0. The van der Waals surface area contributed by atoms with E-state index in [4.69, 9.17) is 4.74 Å². The molecule has 1 aromatic heterocycles. The van der Waals surface area contributed by atoms with Gasteiger partial charge in [0.15, 0.2) is 5.82 Å². The van der Waals surface area contributed by atoms with Crippen LogP contribution in [0.1, 0.15) is 48.9 Å². The number of aryl methyl sites for hydroxylation is 1. The summed E-state index contributed by atoms with van der Waals surface area (Å²) in [5, 5.41) is 4.60. The largest absolute Gasteiger partial charge is 0.366 e. The van der Waals surface area contributed by atoms with Crippen molar-refractivity contribution in [2.24, 2.45) is 0 Å². The molecule has 0 fully saturated rings. The van der Waals surface area contributed by atoms with E-state index in [9.17, 15) is 4.79 Å². The van der Waals surface area contributed by atoms with Crippen LogP contribution in [-0.2, 0) is 24.4 Å². The first-order valence-corrected chi connectivity index (χ1v) is 9.47. The van der Waals surface area contributed by atoms with Crippen LogP contribution in [0, 0.1) is 6.92 Å². The van der Waals surface area contributed by atoms with Crippen molar-refractivity contribution in [2.75, 3.05) is 0 Å². The Morgan fingerprint density at radius 2 is 1.74 bits per heavy atom. The van der Waals surface area contributed by atoms with E-state index in [-0.39, 0.29) is 11.8 Å². The Balaban J connectivity index is 1.80. The van der Waals surface area contributed by atoms with Gasteiger partial charge in [0.25, 0.3) is 0 Å². The molecule has 142 valence electrons. The fourth-order valence-electron chi connectivity index (χ4n) is 3.03. The Morgan fingerprint density at radius 3 is 2.41 bits per heavy atom. The predicted molar refractivity (Wildman–Crippen MR) is 107 cm³/mol. The van der Waals surface area contributed by atoms with E-state index in [1.54, 1.807) is 4.57 Å².